The Morgan fingerprint density at radius 3 is 1.86 bits per heavy atom. The largest absolute Gasteiger partial charge is 0.467 e. The minimum Gasteiger partial charge on any atom is -0.467 e. The number of esters is 1. The molecule has 6 N–H and O–H groups in total. The third-order valence-electron chi connectivity index (χ3n) is 7.70. The normalized spacial score (nSPS) is 13.6. The topological polar surface area (TPSA) is 210 Å². The summed E-state index contributed by atoms with van der Waals surface area (Å²) in [7, 11) is 1.23. The summed E-state index contributed by atoms with van der Waals surface area (Å²) in [6, 6.07) is 6.11. The van der Waals surface area contributed by atoms with Gasteiger partial charge in [-0.2, -0.15) is 0 Å². The molecule has 15 heteroatoms. The quantitative estimate of drug-likeness (QED) is 0.109. The van der Waals surface area contributed by atoms with Crippen molar-refractivity contribution in [3.63, 3.8) is 0 Å². The van der Waals surface area contributed by atoms with Crippen LogP contribution in [0.2, 0.25) is 0 Å². The Balaban J connectivity index is 2.77. The molecule has 0 saturated carbocycles. The van der Waals surface area contributed by atoms with Crippen LogP contribution in [0.25, 0.3) is 0 Å². The van der Waals surface area contributed by atoms with Gasteiger partial charge in [0.1, 0.15) is 36.8 Å². The van der Waals surface area contributed by atoms with Gasteiger partial charge in [0.15, 0.2) is 0 Å². The van der Waals surface area contributed by atoms with Gasteiger partial charge < -0.3 is 41.4 Å². The number of hydrogen-bond acceptors (Lipinski definition) is 9. The summed E-state index contributed by atoms with van der Waals surface area (Å²) < 4.78 is 9.92. The first kappa shape index (κ1) is 43.3. The Labute approximate surface area is 295 Å². The van der Waals surface area contributed by atoms with Crippen LogP contribution in [-0.4, -0.2) is 85.5 Å². The van der Waals surface area contributed by atoms with Gasteiger partial charge in [-0.15, -0.1) is 0 Å². The maximum atomic E-state index is 13.2. The third-order valence-corrected chi connectivity index (χ3v) is 7.70. The molecule has 50 heavy (non-hydrogen) atoms. The van der Waals surface area contributed by atoms with Crippen molar-refractivity contribution in [2.45, 2.75) is 105 Å². The van der Waals surface area contributed by atoms with E-state index in [9.17, 15) is 33.6 Å². The number of amides is 6. The first-order valence-electron chi connectivity index (χ1n) is 16.9. The summed E-state index contributed by atoms with van der Waals surface area (Å²) in [6.07, 6.45) is 0.324. The number of ether oxygens (including phenoxy) is 2. The van der Waals surface area contributed by atoms with Crippen LogP contribution in [0.4, 0.5) is 4.79 Å². The molecule has 280 valence electrons. The van der Waals surface area contributed by atoms with Crippen molar-refractivity contribution in [3.8, 4) is 0 Å². The number of carbonyl (C=O) groups excluding carboxylic acids is 7. The number of hydrogen-bond donors (Lipinski definition) is 6. The monoisotopic (exact) mass is 704 g/mol. The minimum atomic E-state index is -1.51. The Morgan fingerprint density at radius 2 is 1.30 bits per heavy atom. The molecule has 1 aromatic rings. The Morgan fingerprint density at radius 1 is 0.740 bits per heavy atom. The van der Waals surface area contributed by atoms with Gasteiger partial charge >= 0.3 is 12.1 Å². The summed E-state index contributed by atoms with van der Waals surface area (Å²) in [6.45, 7) is 13.1. The van der Waals surface area contributed by atoms with Crippen LogP contribution in [0.3, 0.4) is 0 Å². The van der Waals surface area contributed by atoms with Crippen molar-refractivity contribution in [2.24, 2.45) is 17.8 Å². The molecule has 4 atom stereocenters. The van der Waals surface area contributed by atoms with E-state index in [-0.39, 0.29) is 30.8 Å². The number of nitrogens with one attached hydrogen (secondary N) is 6. The Kier molecular flexibility index (Phi) is 18.6. The van der Waals surface area contributed by atoms with E-state index in [0.29, 0.717) is 12.8 Å². The highest BCUT2D eigenvalue weighted by Gasteiger charge is 2.34. The predicted molar refractivity (Wildman–Crippen MR) is 186 cm³/mol. The van der Waals surface area contributed by atoms with E-state index in [1.165, 1.54) is 21.0 Å². The molecule has 0 saturated heterocycles. The summed E-state index contributed by atoms with van der Waals surface area (Å²) in [5.74, 6) is -3.99. The summed E-state index contributed by atoms with van der Waals surface area (Å²) in [5, 5.41) is 15.3. The summed E-state index contributed by atoms with van der Waals surface area (Å²) in [5.41, 5.74) is -0.729. The van der Waals surface area contributed by atoms with Gasteiger partial charge in [-0.1, -0.05) is 78.3 Å². The lowest BCUT2D eigenvalue weighted by molar-refractivity contribution is -0.146. The summed E-state index contributed by atoms with van der Waals surface area (Å²) in [4.78, 5) is 89.3. The molecule has 0 heterocycles. The fourth-order valence-electron chi connectivity index (χ4n) is 4.72. The fraction of sp³-hybridized carbons (Fsp3) is 0.629. The molecule has 0 bridgehead atoms. The van der Waals surface area contributed by atoms with Crippen molar-refractivity contribution >= 4 is 41.6 Å². The van der Waals surface area contributed by atoms with Crippen molar-refractivity contribution in [1.82, 2.24) is 31.9 Å². The van der Waals surface area contributed by atoms with E-state index >= 15 is 0 Å². The lowest BCUT2D eigenvalue weighted by Gasteiger charge is -2.29. The van der Waals surface area contributed by atoms with Gasteiger partial charge in [0.05, 0.1) is 13.7 Å². The Hall–Kier alpha value is -4.69. The molecule has 0 aliphatic carbocycles. The number of methoxy groups -OCH3 is 1. The average molecular weight is 705 g/mol. The second kappa shape index (κ2) is 21.4. The maximum absolute atomic E-state index is 13.2. The maximum Gasteiger partial charge on any atom is 0.407 e. The van der Waals surface area contributed by atoms with E-state index in [1.807, 2.05) is 40.7 Å². The smallest absolute Gasteiger partial charge is 0.407 e. The second-order valence-electron chi connectivity index (χ2n) is 13.6. The average Bonchev–Trinajstić information content (AvgIpc) is 3.05. The van der Waals surface area contributed by atoms with E-state index in [0.717, 1.165) is 5.56 Å². The predicted octanol–water partition coefficient (Wildman–Crippen LogP) is 1.69. The van der Waals surface area contributed by atoms with E-state index < -0.39 is 78.4 Å². The first-order chi connectivity index (χ1) is 23.4. The molecular formula is C35H56N6O9. The zero-order valence-corrected chi connectivity index (χ0v) is 30.8. The van der Waals surface area contributed by atoms with Gasteiger partial charge in [0.25, 0.3) is 0 Å². The number of benzene rings is 1. The van der Waals surface area contributed by atoms with Crippen LogP contribution >= 0.6 is 0 Å². The zero-order valence-electron chi connectivity index (χ0n) is 30.8. The standard InChI is InChI=1S/C35H56N6O9/c1-10-23(6)29(31(45)39-26(17-22(4)5)32(46)49-9)40-28(43)18-36-33(47)35(7,8)41-30(44)25(16-21(2)3)38-27(42)19-37-34(48)50-20-24-14-12-11-13-15-24/h11-15,21-23,25-26,29H,10,16-20H2,1-9H3,(H,36,47)(H,37,48)(H,38,42)(H,39,45)(H,40,43)(H,41,44)/t23-,25-,26-,29-/m0/s1. The van der Waals surface area contributed by atoms with Crippen LogP contribution in [0.1, 0.15) is 80.2 Å². The molecule has 0 spiro atoms. The van der Waals surface area contributed by atoms with Gasteiger partial charge in [-0.05, 0) is 50.0 Å². The SMILES string of the molecule is CC[C@H](C)[C@H](NC(=O)CNC(=O)C(C)(C)NC(=O)[C@H](CC(C)C)NC(=O)CNC(=O)OCc1ccccc1)C(=O)N[C@@H](CC(C)C)C(=O)OC. The minimum absolute atomic E-state index is 0.0144. The van der Waals surface area contributed by atoms with Gasteiger partial charge in [-0.3, -0.25) is 24.0 Å². The van der Waals surface area contributed by atoms with Crippen molar-refractivity contribution in [3.05, 3.63) is 35.9 Å². The van der Waals surface area contributed by atoms with E-state index in [2.05, 4.69) is 31.9 Å². The third kappa shape index (κ3) is 16.1. The molecular weight excluding hydrogens is 648 g/mol. The molecule has 0 aromatic heterocycles. The lowest BCUT2D eigenvalue weighted by Crippen LogP contribution is -2.61. The van der Waals surface area contributed by atoms with Crippen molar-refractivity contribution in [2.75, 3.05) is 20.2 Å². The second-order valence-corrected chi connectivity index (χ2v) is 13.6. The molecule has 0 aliphatic rings. The molecule has 0 aliphatic heterocycles. The first-order valence-corrected chi connectivity index (χ1v) is 16.9. The van der Waals surface area contributed by atoms with Crippen LogP contribution in [0, 0.1) is 17.8 Å². The number of alkyl carbamates (subject to hydrolysis) is 1. The van der Waals surface area contributed by atoms with E-state index in [4.69, 9.17) is 9.47 Å². The highest BCUT2D eigenvalue weighted by atomic mass is 16.5. The zero-order chi connectivity index (χ0) is 38.0. The van der Waals surface area contributed by atoms with Crippen LogP contribution in [0.5, 0.6) is 0 Å². The Bertz CT molecular complexity index is 1300. The molecule has 0 unspecified atom stereocenters. The van der Waals surface area contributed by atoms with Gasteiger partial charge in [-0.25, -0.2) is 9.59 Å². The number of rotatable bonds is 20. The molecule has 6 amide bonds. The fourth-order valence-corrected chi connectivity index (χ4v) is 4.72. The van der Waals surface area contributed by atoms with Crippen LogP contribution < -0.4 is 31.9 Å². The van der Waals surface area contributed by atoms with Crippen molar-refractivity contribution in [1.29, 1.82) is 0 Å². The van der Waals surface area contributed by atoms with Gasteiger partial charge in [0.2, 0.25) is 29.5 Å². The molecule has 1 rings (SSSR count). The molecule has 15 nitrogen and oxygen atoms in total. The number of carbonyl (C=O) groups is 7. The van der Waals surface area contributed by atoms with Crippen LogP contribution in [0.15, 0.2) is 30.3 Å². The summed E-state index contributed by atoms with van der Waals surface area (Å²) >= 11 is 0. The van der Waals surface area contributed by atoms with Gasteiger partial charge in [0, 0.05) is 0 Å². The molecule has 1 aromatic carbocycles. The van der Waals surface area contributed by atoms with Crippen molar-refractivity contribution < 1.29 is 43.0 Å². The lowest BCUT2D eigenvalue weighted by atomic mass is 9.97. The highest BCUT2D eigenvalue weighted by Crippen LogP contribution is 2.12. The van der Waals surface area contributed by atoms with E-state index in [1.54, 1.807) is 31.2 Å². The highest BCUT2D eigenvalue weighted by molar-refractivity contribution is 5.96. The van der Waals surface area contributed by atoms with Crippen LogP contribution in [-0.2, 0) is 44.8 Å². The molecule has 0 fully saturated rings. The molecule has 0 radical (unpaired) electrons.